The molecule has 2 N–H and O–H groups in total. The molecule has 2 aromatic rings. The molecule has 20 heavy (non-hydrogen) atoms. The number of carboxylic acid groups (broad SMARTS) is 1. The van der Waals surface area contributed by atoms with Crippen LogP contribution in [0.2, 0.25) is 10.0 Å². The number of hydrogen-bond acceptors (Lipinski definition) is 2. The minimum Gasteiger partial charge on any atom is -0.479 e. The number of nitrogens with one attached hydrogen (secondary N) is 1. The van der Waals surface area contributed by atoms with E-state index in [1.54, 1.807) is 24.3 Å². The van der Waals surface area contributed by atoms with E-state index in [4.69, 9.17) is 23.2 Å². The molecule has 0 heterocycles. The molecule has 2 rings (SSSR count). The van der Waals surface area contributed by atoms with Gasteiger partial charge in [0.15, 0.2) is 6.04 Å². The van der Waals surface area contributed by atoms with Gasteiger partial charge in [-0.15, -0.1) is 0 Å². The van der Waals surface area contributed by atoms with Crippen LogP contribution >= 0.6 is 23.2 Å². The van der Waals surface area contributed by atoms with Crippen LogP contribution in [0.1, 0.15) is 11.6 Å². The Kier molecular flexibility index (Phi) is 4.47. The molecular formula is C14H10Cl2FNO2. The van der Waals surface area contributed by atoms with Crippen molar-refractivity contribution in [1.29, 1.82) is 0 Å². The fourth-order valence-corrected chi connectivity index (χ4v) is 2.01. The topological polar surface area (TPSA) is 49.3 Å². The molecule has 1 unspecified atom stereocenters. The molecule has 0 aliphatic carbocycles. The standard InChI is InChI=1S/C14H10Cl2FNO2/c15-8-1-4-10(5-2-8)18-13(14(19)20)11-6-3-9(16)7-12(11)17/h1-7,13,18H,(H,19,20). The van der Waals surface area contributed by atoms with Gasteiger partial charge in [0.2, 0.25) is 0 Å². The van der Waals surface area contributed by atoms with Crippen LogP contribution in [0.4, 0.5) is 10.1 Å². The molecule has 0 saturated heterocycles. The van der Waals surface area contributed by atoms with E-state index >= 15 is 0 Å². The van der Waals surface area contributed by atoms with E-state index in [1.807, 2.05) is 0 Å². The minimum absolute atomic E-state index is 0.0110. The Balaban J connectivity index is 2.31. The quantitative estimate of drug-likeness (QED) is 0.881. The van der Waals surface area contributed by atoms with Crippen LogP contribution in [0, 0.1) is 5.82 Å². The number of anilines is 1. The molecule has 1 atom stereocenters. The predicted molar refractivity (Wildman–Crippen MR) is 76.9 cm³/mol. The van der Waals surface area contributed by atoms with Crippen LogP contribution in [0.15, 0.2) is 42.5 Å². The minimum atomic E-state index is -1.21. The number of carbonyl (C=O) groups is 1. The molecule has 2 aromatic carbocycles. The molecule has 0 aliphatic rings. The Hall–Kier alpha value is -1.78. The molecule has 3 nitrogen and oxygen atoms in total. The fraction of sp³-hybridized carbons (Fsp3) is 0.0714. The third-order valence-electron chi connectivity index (χ3n) is 2.68. The van der Waals surface area contributed by atoms with Crippen molar-refractivity contribution in [2.75, 3.05) is 5.32 Å². The highest BCUT2D eigenvalue weighted by molar-refractivity contribution is 6.30. The number of rotatable bonds is 4. The second-order valence-corrected chi connectivity index (χ2v) is 4.96. The van der Waals surface area contributed by atoms with E-state index < -0.39 is 17.8 Å². The summed E-state index contributed by atoms with van der Waals surface area (Å²) >= 11 is 11.4. The van der Waals surface area contributed by atoms with Gasteiger partial charge in [-0.3, -0.25) is 0 Å². The fourth-order valence-electron chi connectivity index (χ4n) is 1.72. The molecule has 0 fully saturated rings. The van der Waals surface area contributed by atoms with Crippen molar-refractivity contribution in [2.45, 2.75) is 6.04 Å². The van der Waals surface area contributed by atoms with E-state index in [-0.39, 0.29) is 10.6 Å². The number of benzene rings is 2. The molecule has 0 aromatic heterocycles. The molecule has 0 amide bonds. The lowest BCUT2D eigenvalue weighted by atomic mass is 10.1. The first-order valence-electron chi connectivity index (χ1n) is 5.67. The summed E-state index contributed by atoms with van der Waals surface area (Å²) in [5.41, 5.74) is 0.535. The summed E-state index contributed by atoms with van der Waals surface area (Å²) in [5, 5.41) is 12.7. The molecule has 6 heteroatoms. The highest BCUT2D eigenvalue weighted by Gasteiger charge is 2.23. The zero-order chi connectivity index (χ0) is 14.7. The SMILES string of the molecule is O=C(O)C(Nc1ccc(Cl)cc1)c1ccc(Cl)cc1F. The zero-order valence-electron chi connectivity index (χ0n) is 10.1. The average Bonchev–Trinajstić information content (AvgIpc) is 2.39. The number of halogens is 3. The van der Waals surface area contributed by atoms with Gasteiger partial charge < -0.3 is 10.4 Å². The predicted octanol–water partition coefficient (Wildman–Crippen LogP) is 4.37. The summed E-state index contributed by atoms with van der Waals surface area (Å²) in [5.74, 6) is -1.87. The molecule has 0 saturated carbocycles. The van der Waals surface area contributed by atoms with Gasteiger partial charge in [-0.05, 0) is 36.4 Å². The third-order valence-corrected chi connectivity index (χ3v) is 3.16. The summed E-state index contributed by atoms with van der Waals surface area (Å²) in [6.07, 6.45) is 0. The highest BCUT2D eigenvalue weighted by atomic mass is 35.5. The van der Waals surface area contributed by atoms with Crippen LogP contribution in [0.3, 0.4) is 0 Å². The van der Waals surface area contributed by atoms with Crippen LogP contribution in [0.25, 0.3) is 0 Å². The summed E-state index contributed by atoms with van der Waals surface area (Å²) in [7, 11) is 0. The lowest BCUT2D eigenvalue weighted by Crippen LogP contribution is -2.21. The van der Waals surface area contributed by atoms with Crippen molar-refractivity contribution < 1.29 is 14.3 Å². The van der Waals surface area contributed by atoms with Gasteiger partial charge in [0.1, 0.15) is 5.82 Å². The van der Waals surface area contributed by atoms with Crippen molar-refractivity contribution >= 4 is 34.9 Å². The van der Waals surface area contributed by atoms with Crippen LogP contribution < -0.4 is 5.32 Å². The molecule has 0 bridgehead atoms. The smallest absolute Gasteiger partial charge is 0.330 e. The van der Waals surface area contributed by atoms with Crippen molar-refractivity contribution in [2.24, 2.45) is 0 Å². The normalized spacial score (nSPS) is 11.9. The zero-order valence-corrected chi connectivity index (χ0v) is 11.6. The first-order chi connectivity index (χ1) is 9.47. The van der Waals surface area contributed by atoms with E-state index in [9.17, 15) is 14.3 Å². The van der Waals surface area contributed by atoms with Crippen molar-refractivity contribution in [3.05, 3.63) is 63.9 Å². The third kappa shape index (κ3) is 3.40. The first-order valence-corrected chi connectivity index (χ1v) is 6.43. The molecule has 0 aliphatic heterocycles. The maximum Gasteiger partial charge on any atom is 0.330 e. The number of hydrogen-bond donors (Lipinski definition) is 2. The van der Waals surface area contributed by atoms with E-state index in [1.165, 1.54) is 12.1 Å². The van der Waals surface area contributed by atoms with Gasteiger partial charge in [-0.2, -0.15) is 0 Å². The summed E-state index contributed by atoms with van der Waals surface area (Å²) < 4.78 is 13.8. The number of carboxylic acids is 1. The van der Waals surface area contributed by atoms with Gasteiger partial charge in [0.05, 0.1) is 0 Å². The molecule has 104 valence electrons. The maximum absolute atomic E-state index is 13.8. The Labute approximate surface area is 124 Å². The Bertz CT molecular complexity index is 632. The van der Waals surface area contributed by atoms with E-state index in [2.05, 4.69) is 5.32 Å². The van der Waals surface area contributed by atoms with Crippen LogP contribution in [-0.4, -0.2) is 11.1 Å². The van der Waals surface area contributed by atoms with Crippen molar-refractivity contribution in [3.63, 3.8) is 0 Å². The molecule has 0 radical (unpaired) electrons. The molecule has 0 spiro atoms. The van der Waals surface area contributed by atoms with Crippen LogP contribution in [0.5, 0.6) is 0 Å². The van der Waals surface area contributed by atoms with Gasteiger partial charge in [0, 0.05) is 21.3 Å². The monoisotopic (exact) mass is 313 g/mol. The van der Waals surface area contributed by atoms with Crippen molar-refractivity contribution in [1.82, 2.24) is 0 Å². The number of aliphatic carboxylic acids is 1. The van der Waals surface area contributed by atoms with Gasteiger partial charge in [0.25, 0.3) is 0 Å². The summed E-state index contributed by atoms with van der Waals surface area (Å²) in [6.45, 7) is 0. The Morgan fingerprint density at radius 2 is 1.70 bits per heavy atom. The highest BCUT2D eigenvalue weighted by Crippen LogP contribution is 2.25. The lowest BCUT2D eigenvalue weighted by molar-refractivity contribution is -0.138. The summed E-state index contributed by atoms with van der Waals surface area (Å²) in [6, 6.07) is 9.11. The average molecular weight is 314 g/mol. The first kappa shape index (κ1) is 14.6. The molecular weight excluding hydrogens is 304 g/mol. The Morgan fingerprint density at radius 1 is 1.10 bits per heavy atom. The van der Waals surface area contributed by atoms with Crippen LogP contribution in [-0.2, 0) is 4.79 Å². The van der Waals surface area contributed by atoms with E-state index in [0.717, 1.165) is 6.07 Å². The second kappa shape index (κ2) is 6.11. The summed E-state index contributed by atoms with van der Waals surface area (Å²) in [4.78, 5) is 11.3. The van der Waals surface area contributed by atoms with Gasteiger partial charge >= 0.3 is 5.97 Å². The lowest BCUT2D eigenvalue weighted by Gasteiger charge is -2.17. The Morgan fingerprint density at radius 3 is 2.25 bits per heavy atom. The van der Waals surface area contributed by atoms with Gasteiger partial charge in [-0.25, -0.2) is 9.18 Å². The second-order valence-electron chi connectivity index (χ2n) is 4.09. The maximum atomic E-state index is 13.8. The van der Waals surface area contributed by atoms with E-state index in [0.29, 0.717) is 10.7 Å². The van der Waals surface area contributed by atoms with Gasteiger partial charge in [-0.1, -0.05) is 29.3 Å². The van der Waals surface area contributed by atoms with Crippen molar-refractivity contribution in [3.8, 4) is 0 Å². The largest absolute Gasteiger partial charge is 0.479 e.